The highest BCUT2D eigenvalue weighted by Crippen LogP contribution is 2.39. The van der Waals surface area contributed by atoms with Gasteiger partial charge in [0.15, 0.2) is 11.6 Å². The van der Waals surface area contributed by atoms with Crippen molar-refractivity contribution < 1.29 is 19.7 Å². The van der Waals surface area contributed by atoms with Gasteiger partial charge < -0.3 is 19.7 Å². The molecule has 0 fully saturated rings. The van der Waals surface area contributed by atoms with Crippen molar-refractivity contribution >= 4 is 0 Å². The molecule has 4 rings (SSSR count). The monoisotopic (exact) mass is 615 g/mol. The van der Waals surface area contributed by atoms with Crippen LogP contribution in [0, 0.1) is 25.7 Å². The van der Waals surface area contributed by atoms with Crippen molar-refractivity contribution in [3.8, 4) is 51.7 Å². The number of hydrogen-bond acceptors (Lipinski definition) is 8. The Hall–Kier alpha value is -4.14. The number of rotatable bonds is 17. The Balaban J connectivity index is 1.67. The Labute approximate surface area is 267 Å². The molecule has 0 aliphatic rings. The fourth-order valence-electron chi connectivity index (χ4n) is 5.34. The summed E-state index contributed by atoms with van der Waals surface area (Å²) in [6.45, 7) is 13.6. The quantitative estimate of drug-likeness (QED) is 0.121. The molecule has 0 aliphatic heterocycles. The summed E-state index contributed by atoms with van der Waals surface area (Å²) in [4.78, 5) is 14.0. The molecule has 9 nitrogen and oxygen atoms in total. The van der Waals surface area contributed by atoms with E-state index in [1.54, 1.807) is 30.6 Å². The van der Waals surface area contributed by atoms with E-state index in [0.717, 1.165) is 38.5 Å². The van der Waals surface area contributed by atoms with Crippen LogP contribution in [0.15, 0.2) is 42.7 Å². The first kappa shape index (κ1) is 33.7. The third-order valence-corrected chi connectivity index (χ3v) is 8.61. The van der Waals surface area contributed by atoms with Gasteiger partial charge >= 0.3 is 0 Å². The third kappa shape index (κ3) is 8.32. The van der Waals surface area contributed by atoms with Gasteiger partial charge in [0.1, 0.15) is 23.0 Å². The summed E-state index contributed by atoms with van der Waals surface area (Å²) < 4.78 is 13.9. The number of aromatic hydroxyl groups is 2. The molecule has 2 atom stereocenters. The normalized spacial score (nSPS) is 12.7. The van der Waals surface area contributed by atoms with Crippen LogP contribution in [0.2, 0.25) is 0 Å². The molecule has 2 aromatic carbocycles. The number of hydrogen-bond donors (Lipinski definition) is 2. The average Bonchev–Trinajstić information content (AvgIpc) is 3.60. The summed E-state index contributed by atoms with van der Waals surface area (Å²) in [6, 6.07) is 9.01. The summed E-state index contributed by atoms with van der Waals surface area (Å²) in [5.74, 6) is 3.06. The van der Waals surface area contributed by atoms with Gasteiger partial charge in [-0.25, -0.2) is 9.67 Å². The first-order valence-electron chi connectivity index (χ1n) is 16.5. The van der Waals surface area contributed by atoms with Crippen molar-refractivity contribution in [2.75, 3.05) is 13.2 Å². The minimum absolute atomic E-state index is 0.0374. The van der Waals surface area contributed by atoms with Crippen molar-refractivity contribution in [3.05, 3.63) is 53.9 Å². The van der Waals surface area contributed by atoms with Crippen molar-refractivity contribution in [2.45, 2.75) is 92.9 Å². The van der Waals surface area contributed by atoms with Gasteiger partial charge in [-0.1, -0.05) is 66.2 Å². The molecule has 4 aromatic rings. The Kier molecular flexibility index (Phi) is 12.2. The molecule has 2 aromatic heterocycles. The number of unbranched alkanes of at least 4 members (excludes halogenated alkanes) is 2. The fourth-order valence-corrected chi connectivity index (χ4v) is 5.34. The van der Waals surface area contributed by atoms with Gasteiger partial charge in [0.2, 0.25) is 0 Å². The minimum Gasteiger partial charge on any atom is -0.507 e. The maximum atomic E-state index is 11.3. The summed E-state index contributed by atoms with van der Waals surface area (Å²) >= 11 is 0. The Bertz CT molecular complexity index is 1430. The van der Waals surface area contributed by atoms with Crippen LogP contribution < -0.4 is 9.47 Å². The lowest BCUT2D eigenvalue weighted by Gasteiger charge is -2.18. The molecule has 45 heavy (non-hydrogen) atoms. The van der Waals surface area contributed by atoms with E-state index in [4.69, 9.17) is 14.5 Å². The summed E-state index contributed by atoms with van der Waals surface area (Å²) in [5.41, 5.74) is 2.10. The minimum atomic E-state index is 0.0374. The van der Waals surface area contributed by atoms with E-state index < -0.39 is 0 Å². The highest BCUT2D eigenvalue weighted by atomic mass is 16.5. The Morgan fingerprint density at radius 2 is 1.20 bits per heavy atom. The Morgan fingerprint density at radius 1 is 0.711 bits per heavy atom. The number of aromatic nitrogens is 5. The van der Waals surface area contributed by atoms with Gasteiger partial charge in [-0.3, -0.25) is 0 Å². The lowest BCUT2D eigenvalue weighted by molar-refractivity contribution is 0.231. The average molecular weight is 616 g/mol. The number of phenols is 2. The molecule has 0 aliphatic carbocycles. The van der Waals surface area contributed by atoms with Crippen molar-refractivity contribution in [2.24, 2.45) is 11.8 Å². The van der Waals surface area contributed by atoms with Crippen LogP contribution in [0.25, 0.3) is 28.7 Å². The van der Waals surface area contributed by atoms with Crippen LogP contribution in [-0.2, 0) is 0 Å². The van der Waals surface area contributed by atoms with E-state index in [9.17, 15) is 10.2 Å². The molecule has 9 heteroatoms. The third-order valence-electron chi connectivity index (χ3n) is 8.61. The molecule has 2 heterocycles. The molecule has 0 saturated carbocycles. The number of ether oxygens (including phenoxy) is 2. The second-order valence-electron chi connectivity index (χ2n) is 11.9. The number of phenolic OH excluding ortho intramolecular Hbond substituents is 2. The van der Waals surface area contributed by atoms with Crippen LogP contribution in [0.4, 0.5) is 0 Å². The second kappa shape index (κ2) is 16.3. The summed E-state index contributed by atoms with van der Waals surface area (Å²) in [5, 5.41) is 26.9. The van der Waals surface area contributed by atoms with Gasteiger partial charge in [-0.15, -0.1) is 0 Å². The zero-order valence-electron chi connectivity index (χ0n) is 27.7. The van der Waals surface area contributed by atoms with E-state index in [0.29, 0.717) is 58.8 Å². The van der Waals surface area contributed by atoms with E-state index in [2.05, 4.69) is 42.8 Å². The standard InChI is InChI=1S/C36H49N5O4/c1-7-11-14-26(9-3)22-44-30-18-16-28(32(42)24(30)5)34-38-35(40-36(39-34)41-21-13-20-37-41)29-17-19-31(25(6)33(29)43)45-23-27(10-4)15-12-8-2/h13,16-21,26-27,42-43H,7-12,14-15,22-23H2,1-6H3. The number of benzene rings is 2. The molecule has 2 unspecified atom stereocenters. The molecular formula is C36H49N5O4. The van der Waals surface area contributed by atoms with Crippen LogP contribution in [0.3, 0.4) is 0 Å². The predicted octanol–water partition coefficient (Wildman–Crippen LogP) is 8.61. The first-order chi connectivity index (χ1) is 21.8. The highest BCUT2D eigenvalue weighted by Gasteiger charge is 2.21. The summed E-state index contributed by atoms with van der Waals surface area (Å²) in [6.07, 6.45) is 12.4. The first-order valence-corrected chi connectivity index (χ1v) is 16.5. The van der Waals surface area contributed by atoms with Gasteiger partial charge in [0.05, 0.1) is 24.3 Å². The molecular weight excluding hydrogens is 566 g/mol. The molecule has 0 bridgehead atoms. The van der Waals surface area contributed by atoms with Crippen molar-refractivity contribution in [3.63, 3.8) is 0 Å². The van der Waals surface area contributed by atoms with Crippen LogP contribution in [-0.4, -0.2) is 48.2 Å². The second-order valence-corrected chi connectivity index (χ2v) is 11.9. The van der Waals surface area contributed by atoms with Crippen molar-refractivity contribution in [1.29, 1.82) is 0 Å². The van der Waals surface area contributed by atoms with E-state index in [1.807, 2.05) is 26.0 Å². The van der Waals surface area contributed by atoms with Gasteiger partial charge in [0, 0.05) is 23.5 Å². The van der Waals surface area contributed by atoms with Crippen molar-refractivity contribution in [1.82, 2.24) is 24.7 Å². The predicted molar refractivity (Wildman–Crippen MR) is 178 cm³/mol. The van der Waals surface area contributed by atoms with E-state index in [1.165, 1.54) is 17.5 Å². The van der Waals surface area contributed by atoms with E-state index >= 15 is 0 Å². The van der Waals surface area contributed by atoms with Crippen LogP contribution >= 0.6 is 0 Å². The van der Waals surface area contributed by atoms with Gasteiger partial charge in [-0.2, -0.15) is 15.1 Å². The molecule has 0 spiro atoms. The van der Waals surface area contributed by atoms with E-state index in [-0.39, 0.29) is 29.1 Å². The van der Waals surface area contributed by atoms with Crippen LogP contribution in [0.1, 0.15) is 90.2 Å². The molecule has 0 saturated heterocycles. The fraction of sp³-hybridized carbons (Fsp3) is 0.500. The maximum Gasteiger partial charge on any atom is 0.254 e. The van der Waals surface area contributed by atoms with Gasteiger partial charge in [0.25, 0.3) is 5.95 Å². The SMILES string of the molecule is CCCCC(CC)COc1ccc(-c2nc(-c3ccc(OCC(CC)CCCC)c(C)c3O)nc(-n3cccn3)n2)c(O)c1C. The van der Waals surface area contributed by atoms with Gasteiger partial charge in [-0.05, 0) is 68.9 Å². The largest absolute Gasteiger partial charge is 0.507 e. The molecule has 2 N–H and O–H groups in total. The summed E-state index contributed by atoms with van der Waals surface area (Å²) in [7, 11) is 0. The zero-order chi connectivity index (χ0) is 32.3. The Morgan fingerprint density at radius 3 is 1.60 bits per heavy atom. The topological polar surface area (TPSA) is 115 Å². The lowest BCUT2D eigenvalue weighted by atomic mass is 10.0. The lowest BCUT2D eigenvalue weighted by Crippen LogP contribution is -2.12. The maximum absolute atomic E-state index is 11.3. The highest BCUT2D eigenvalue weighted by molar-refractivity contribution is 5.73. The molecule has 242 valence electrons. The zero-order valence-corrected chi connectivity index (χ0v) is 27.7. The smallest absolute Gasteiger partial charge is 0.254 e. The molecule has 0 amide bonds. The molecule has 0 radical (unpaired) electrons. The van der Waals surface area contributed by atoms with Crippen LogP contribution in [0.5, 0.6) is 23.0 Å². The number of nitrogens with zero attached hydrogens (tertiary/aromatic N) is 5.